The predicted molar refractivity (Wildman–Crippen MR) is 81.8 cm³/mol. The van der Waals surface area contributed by atoms with Crippen LogP contribution in [0, 0.1) is 0 Å². The number of benzene rings is 2. The van der Waals surface area contributed by atoms with E-state index in [2.05, 4.69) is 24.3 Å². The van der Waals surface area contributed by atoms with Gasteiger partial charge >= 0.3 is 0 Å². The van der Waals surface area contributed by atoms with Crippen molar-refractivity contribution in [1.82, 2.24) is 8.61 Å². The molecule has 0 N–H and O–H groups in total. The van der Waals surface area contributed by atoms with Crippen molar-refractivity contribution < 1.29 is 4.21 Å². The zero-order valence-electron chi connectivity index (χ0n) is 11.3. The Balaban J connectivity index is 1.62. The lowest BCUT2D eigenvalue weighted by molar-refractivity contribution is 0.458. The van der Waals surface area contributed by atoms with Gasteiger partial charge in [0.05, 0.1) is 0 Å². The topological polar surface area (TPSA) is 23.6 Å². The van der Waals surface area contributed by atoms with Crippen LogP contribution in [0.5, 0.6) is 0 Å². The molecule has 20 heavy (non-hydrogen) atoms. The second-order valence-corrected chi connectivity index (χ2v) is 6.42. The van der Waals surface area contributed by atoms with Gasteiger partial charge in [-0.1, -0.05) is 60.7 Å². The molecule has 0 atom stereocenters. The fourth-order valence-electron chi connectivity index (χ4n) is 2.39. The molecule has 0 aliphatic carbocycles. The van der Waals surface area contributed by atoms with Gasteiger partial charge in [0.15, 0.2) is 11.2 Å². The van der Waals surface area contributed by atoms with Gasteiger partial charge in [0, 0.05) is 26.2 Å². The quantitative estimate of drug-likeness (QED) is 0.847. The van der Waals surface area contributed by atoms with Crippen molar-refractivity contribution in [3.8, 4) is 0 Å². The van der Waals surface area contributed by atoms with Crippen molar-refractivity contribution in [1.29, 1.82) is 0 Å². The molecule has 3 rings (SSSR count). The Morgan fingerprint density at radius 3 is 1.55 bits per heavy atom. The summed E-state index contributed by atoms with van der Waals surface area (Å²) in [6.45, 7) is 3.21. The van der Waals surface area contributed by atoms with Crippen molar-refractivity contribution in [2.24, 2.45) is 0 Å². The van der Waals surface area contributed by atoms with E-state index >= 15 is 0 Å². The molecule has 1 heterocycles. The number of nitrogens with zero attached hydrogens (tertiary/aromatic N) is 2. The summed E-state index contributed by atoms with van der Waals surface area (Å²) in [7, 11) is 0. The van der Waals surface area contributed by atoms with Gasteiger partial charge in [-0.05, 0) is 11.1 Å². The summed E-state index contributed by atoms with van der Waals surface area (Å²) >= 11 is -1.03. The summed E-state index contributed by atoms with van der Waals surface area (Å²) in [5.41, 5.74) is 2.42. The first kappa shape index (κ1) is 13.5. The SMILES string of the molecule is O=S1N(Cc2ccccc2)CCN1Cc1ccccc1. The lowest BCUT2D eigenvalue weighted by atomic mass is 10.2. The van der Waals surface area contributed by atoms with Gasteiger partial charge in [0.2, 0.25) is 0 Å². The highest BCUT2D eigenvalue weighted by Gasteiger charge is 2.28. The van der Waals surface area contributed by atoms with Crippen molar-refractivity contribution in [2.45, 2.75) is 13.1 Å². The molecular weight excluding hydrogens is 268 g/mol. The van der Waals surface area contributed by atoms with Gasteiger partial charge < -0.3 is 0 Å². The van der Waals surface area contributed by atoms with E-state index in [1.165, 1.54) is 11.1 Å². The number of rotatable bonds is 4. The van der Waals surface area contributed by atoms with Crippen LogP contribution < -0.4 is 0 Å². The van der Waals surface area contributed by atoms with Gasteiger partial charge in [-0.15, -0.1) is 0 Å². The molecule has 0 amide bonds. The zero-order chi connectivity index (χ0) is 13.8. The summed E-state index contributed by atoms with van der Waals surface area (Å²) in [6.07, 6.45) is 0. The molecule has 3 nitrogen and oxygen atoms in total. The van der Waals surface area contributed by atoms with Crippen molar-refractivity contribution in [3.63, 3.8) is 0 Å². The average Bonchev–Trinajstić information content (AvgIpc) is 2.83. The Labute approximate surface area is 122 Å². The average molecular weight is 286 g/mol. The summed E-state index contributed by atoms with van der Waals surface area (Å²) in [4.78, 5) is 0. The van der Waals surface area contributed by atoms with E-state index < -0.39 is 11.2 Å². The number of hydrogen-bond acceptors (Lipinski definition) is 1. The van der Waals surface area contributed by atoms with Crippen LogP contribution in [0.1, 0.15) is 11.1 Å². The molecule has 4 heteroatoms. The van der Waals surface area contributed by atoms with Gasteiger partial charge in [0.1, 0.15) is 0 Å². The van der Waals surface area contributed by atoms with Gasteiger partial charge in [-0.3, -0.25) is 0 Å². The molecule has 1 fully saturated rings. The van der Waals surface area contributed by atoms with E-state index in [-0.39, 0.29) is 0 Å². The van der Waals surface area contributed by atoms with Gasteiger partial charge in [-0.25, -0.2) is 12.8 Å². The predicted octanol–water partition coefficient (Wildman–Crippen LogP) is 2.58. The fourth-order valence-corrected chi connectivity index (χ4v) is 3.71. The molecule has 0 radical (unpaired) electrons. The molecule has 0 spiro atoms. The first-order valence-corrected chi connectivity index (χ1v) is 7.89. The van der Waals surface area contributed by atoms with Crippen molar-refractivity contribution >= 4 is 11.2 Å². The zero-order valence-corrected chi connectivity index (χ0v) is 12.1. The van der Waals surface area contributed by atoms with Gasteiger partial charge in [0.25, 0.3) is 0 Å². The Bertz CT molecular complexity index is 522. The molecule has 1 aliphatic rings. The monoisotopic (exact) mass is 286 g/mol. The standard InChI is InChI=1S/C16H18N2OS/c19-20-17(13-15-7-3-1-4-8-15)11-12-18(20)14-16-9-5-2-6-10-16/h1-10H,11-14H2. The number of hydrogen-bond donors (Lipinski definition) is 0. The molecule has 0 unspecified atom stereocenters. The summed E-state index contributed by atoms with van der Waals surface area (Å²) in [5.74, 6) is 0. The van der Waals surface area contributed by atoms with E-state index in [1.807, 2.05) is 45.0 Å². The lowest BCUT2D eigenvalue weighted by Crippen LogP contribution is -2.26. The minimum Gasteiger partial charge on any atom is -0.225 e. The highest BCUT2D eigenvalue weighted by atomic mass is 32.2. The van der Waals surface area contributed by atoms with E-state index in [0.717, 1.165) is 26.2 Å². The van der Waals surface area contributed by atoms with Crippen LogP contribution in [0.4, 0.5) is 0 Å². The third-order valence-corrected chi connectivity index (χ3v) is 4.95. The largest absolute Gasteiger partial charge is 0.225 e. The molecule has 104 valence electrons. The smallest absolute Gasteiger partial charge is 0.173 e. The molecule has 0 bridgehead atoms. The van der Waals surface area contributed by atoms with E-state index in [1.54, 1.807) is 0 Å². The molecule has 2 aromatic carbocycles. The molecule has 1 aliphatic heterocycles. The van der Waals surface area contributed by atoms with Gasteiger partial charge in [-0.2, -0.15) is 0 Å². The van der Waals surface area contributed by atoms with E-state index in [0.29, 0.717) is 0 Å². The molecule has 0 aromatic heterocycles. The third-order valence-electron chi connectivity index (χ3n) is 3.44. The van der Waals surface area contributed by atoms with Crippen molar-refractivity contribution in [3.05, 3.63) is 71.8 Å². The fraction of sp³-hybridized carbons (Fsp3) is 0.250. The first-order chi connectivity index (χ1) is 9.83. The maximum atomic E-state index is 12.5. The highest BCUT2D eigenvalue weighted by molar-refractivity contribution is 7.80. The molecular formula is C16H18N2OS. The maximum Gasteiger partial charge on any atom is 0.173 e. The summed E-state index contributed by atoms with van der Waals surface area (Å²) < 4.78 is 16.5. The van der Waals surface area contributed by atoms with E-state index in [9.17, 15) is 4.21 Å². The second kappa shape index (κ2) is 6.31. The second-order valence-electron chi connectivity index (χ2n) is 4.93. The Kier molecular flexibility index (Phi) is 4.25. The van der Waals surface area contributed by atoms with Crippen LogP contribution >= 0.6 is 0 Å². The Morgan fingerprint density at radius 2 is 1.15 bits per heavy atom. The first-order valence-electron chi connectivity index (χ1n) is 6.83. The van der Waals surface area contributed by atoms with Crippen LogP contribution in [0.15, 0.2) is 60.7 Å². The van der Waals surface area contributed by atoms with Crippen LogP contribution in [0.25, 0.3) is 0 Å². The lowest BCUT2D eigenvalue weighted by Gasteiger charge is -2.17. The summed E-state index contributed by atoms with van der Waals surface area (Å²) in [6, 6.07) is 20.4. The minimum atomic E-state index is -1.03. The molecule has 2 aromatic rings. The minimum absolute atomic E-state index is 0.749. The Morgan fingerprint density at radius 1 is 0.750 bits per heavy atom. The molecule has 1 saturated heterocycles. The highest BCUT2D eigenvalue weighted by Crippen LogP contribution is 2.18. The van der Waals surface area contributed by atoms with Crippen molar-refractivity contribution in [2.75, 3.05) is 13.1 Å². The van der Waals surface area contributed by atoms with Crippen LogP contribution in [-0.2, 0) is 24.3 Å². The maximum absolute atomic E-state index is 12.5. The third kappa shape index (κ3) is 3.15. The molecule has 0 saturated carbocycles. The van der Waals surface area contributed by atoms with Crippen LogP contribution in [-0.4, -0.2) is 25.9 Å². The Hall–Kier alpha value is -1.49. The van der Waals surface area contributed by atoms with Crippen LogP contribution in [0.2, 0.25) is 0 Å². The summed E-state index contributed by atoms with van der Waals surface area (Å²) in [5, 5.41) is 0. The van der Waals surface area contributed by atoms with Crippen LogP contribution in [0.3, 0.4) is 0 Å². The van der Waals surface area contributed by atoms with E-state index in [4.69, 9.17) is 0 Å². The normalized spacial score (nSPS) is 17.6.